The molecule has 0 saturated heterocycles. The number of nitrogens with zero attached hydrogens (tertiary/aromatic N) is 5. The van der Waals surface area contributed by atoms with Crippen molar-refractivity contribution in [3.05, 3.63) is 58.9 Å². The second kappa shape index (κ2) is 8.67. The van der Waals surface area contributed by atoms with E-state index in [-0.39, 0.29) is 5.91 Å². The minimum atomic E-state index is -0.0459. The maximum atomic E-state index is 12.3. The number of nitrogens with one attached hydrogen (secondary N) is 1. The molecule has 8 nitrogen and oxygen atoms in total. The van der Waals surface area contributed by atoms with E-state index in [1.165, 1.54) is 0 Å². The summed E-state index contributed by atoms with van der Waals surface area (Å²) in [6.07, 6.45) is 4.68. The van der Waals surface area contributed by atoms with Gasteiger partial charge < -0.3 is 9.84 Å². The predicted octanol–water partition coefficient (Wildman–Crippen LogP) is 4.09. The number of hydrogen-bond donors (Lipinski definition) is 1. The number of imidazole rings is 1. The summed E-state index contributed by atoms with van der Waals surface area (Å²) in [5.41, 5.74) is 6.50. The maximum absolute atomic E-state index is 12.3. The van der Waals surface area contributed by atoms with E-state index < -0.39 is 0 Å². The molecule has 0 aliphatic rings. The van der Waals surface area contributed by atoms with E-state index in [4.69, 9.17) is 4.52 Å². The number of anilines is 1. The number of benzene rings is 1. The third kappa shape index (κ3) is 4.19. The lowest BCUT2D eigenvalue weighted by molar-refractivity contribution is -0.116. The van der Waals surface area contributed by atoms with E-state index in [1.54, 1.807) is 0 Å². The van der Waals surface area contributed by atoms with Crippen molar-refractivity contribution in [3.8, 4) is 11.3 Å². The molecule has 160 valence electrons. The van der Waals surface area contributed by atoms with Gasteiger partial charge in [-0.05, 0) is 45.2 Å². The van der Waals surface area contributed by atoms with E-state index in [2.05, 4.69) is 39.5 Å². The van der Waals surface area contributed by atoms with Crippen LogP contribution in [-0.4, -0.2) is 30.6 Å². The minimum absolute atomic E-state index is 0.0459. The van der Waals surface area contributed by atoms with Gasteiger partial charge in [0.2, 0.25) is 5.91 Å². The highest BCUT2D eigenvalue weighted by molar-refractivity contribution is 5.91. The Hall–Kier alpha value is -3.55. The standard InChI is InChI=1S/C23H26N6O2/c1-5-19-21(6-2)29-13-20(25-23(29)27-26-19)16-7-9-17(10-8-16)24-22(30)12-11-18-14(3)28-31-15(18)4/h7-10,13H,5-6,11-12H2,1-4H3,(H,24,30). The third-order valence-electron chi connectivity index (χ3n) is 5.49. The van der Waals surface area contributed by atoms with Gasteiger partial charge in [-0.1, -0.05) is 31.1 Å². The lowest BCUT2D eigenvalue weighted by Gasteiger charge is -2.06. The topological polar surface area (TPSA) is 98.2 Å². The van der Waals surface area contributed by atoms with Crippen molar-refractivity contribution >= 4 is 17.4 Å². The molecule has 0 spiro atoms. The Balaban J connectivity index is 1.46. The Morgan fingerprint density at radius 3 is 2.52 bits per heavy atom. The Morgan fingerprint density at radius 1 is 1.10 bits per heavy atom. The molecule has 4 rings (SSSR count). The van der Waals surface area contributed by atoms with Crippen molar-refractivity contribution in [2.75, 3.05) is 5.32 Å². The molecule has 0 aliphatic heterocycles. The van der Waals surface area contributed by atoms with Crippen LogP contribution in [0.25, 0.3) is 17.0 Å². The zero-order valence-electron chi connectivity index (χ0n) is 18.3. The van der Waals surface area contributed by atoms with Crippen molar-refractivity contribution in [1.29, 1.82) is 0 Å². The average molecular weight is 419 g/mol. The molecule has 1 aromatic carbocycles. The molecular weight excluding hydrogens is 392 g/mol. The van der Waals surface area contributed by atoms with E-state index in [0.29, 0.717) is 18.6 Å². The molecule has 0 atom stereocenters. The first kappa shape index (κ1) is 20.7. The van der Waals surface area contributed by atoms with Gasteiger partial charge in [0.25, 0.3) is 5.78 Å². The number of hydrogen-bond acceptors (Lipinski definition) is 6. The van der Waals surface area contributed by atoms with Crippen LogP contribution in [0.1, 0.15) is 48.7 Å². The number of aromatic nitrogens is 5. The summed E-state index contributed by atoms with van der Waals surface area (Å²) in [5, 5.41) is 15.4. The van der Waals surface area contributed by atoms with Crippen LogP contribution in [0.5, 0.6) is 0 Å². The highest BCUT2D eigenvalue weighted by atomic mass is 16.5. The van der Waals surface area contributed by atoms with E-state index in [1.807, 2.05) is 48.7 Å². The van der Waals surface area contributed by atoms with Crippen LogP contribution >= 0.6 is 0 Å². The van der Waals surface area contributed by atoms with Gasteiger partial charge >= 0.3 is 0 Å². The van der Waals surface area contributed by atoms with Gasteiger partial charge in [-0.3, -0.25) is 9.20 Å². The lowest BCUT2D eigenvalue weighted by atomic mass is 10.1. The summed E-state index contributed by atoms with van der Waals surface area (Å²) in [6, 6.07) is 7.67. The van der Waals surface area contributed by atoms with Crippen molar-refractivity contribution < 1.29 is 9.32 Å². The van der Waals surface area contributed by atoms with E-state index >= 15 is 0 Å². The highest BCUT2D eigenvalue weighted by Gasteiger charge is 2.13. The summed E-state index contributed by atoms with van der Waals surface area (Å²) < 4.78 is 7.17. The van der Waals surface area contributed by atoms with E-state index in [9.17, 15) is 4.79 Å². The SMILES string of the molecule is CCc1nnc2nc(-c3ccc(NC(=O)CCc4c(C)noc4C)cc3)cn2c1CC. The average Bonchev–Trinajstić information content (AvgIpc) is 3.35. The fourth-order valence-electron chi connectivity index (χ4n) is 3.77. The number of rotatable bonds is 7. The number of carbonyl (C=O) groups excluding carboxylic acids is 1. The molecule has 4 aromatic rings. The molecule has 0 fully saturated rings. The molecule has 0 bridgehead atoms. The van der Waals surface area contributed by atoms with Crippen LogP contribution in [0.3, 0.4) is 0 Å². The third-order valence-corrected chi connectivity index (χ3v) is 5.49. The van der Waals surface area contributed by atoms with Gasteiger partial charge in [-0.2, -0.15) is 5.10 Å². The quantitative estimate of drug-likeness (QED) is 0.485. The van der Waals surface area contributed by atoms with Gasteiger partial charge in [0, 0.05) is 35.1 Å². The van der Waals surface area contributed by atoms with Crippen LogP contribution in [0.2, 0.25) is 0 Å². The van der Waals surface area contributed by atoms with Gasteiger partial charge in [0.1, 0.15) is 5.76 Å². The first-order chi connectivity index (χ1) is 15.0. The van der Waals surface area contributed by atoms with Crippen LogP contribution in [-0.2, 0) is 24.1 Å². The first-order valence-corrected chi connectivity index (χ1v) is 10.6. The summed E-state index contributed by atoms with van der Waals surface area (Å²) in [6.45, 7) is 7.94. The number of fused-ring (bicyclic) bond motifs is 1. The Kier molecular flexibility index (Phi) is 5.79. The van der Waals surface area contributed by atoms with Crippen LogP contribution < -0.4 is 5.32 Å². The molecule has 8 heteroatoms. The highest BCUT2D eigenvalue weighted by Crippen LogP contribution is 2.23. The maximum Gasteiger partial charge on any atom is 0.254 e. The largest absolute Gasteiger partial charge is 0.361 e. The second-order valence-corrected chi connectivity index (χ2v) is 7.52. The Bertz CT molecular complexity index is 1200. The van der Waals surface area contributed by atoms with Gasteiger partial charge in [0.05, 0.1) is 17.1 Å². The minimum Gasteiger partial charge on any atom is -0.361 e. The first-order valence-electron chi connectivity index (χ1n) is 10.6. The number of carbonyl (C=O) groups is 1. The molecule has 3 heterocycles. The van der Waals surface area contributed by atoms with Crippen LogP contribution in [0.4, 0.5) is 5.69 Å². The van der Waals surface area contributed by atoms with Crippen molar-refractivity contribution in [2.45, 2.75) is 53.4 Å². The fourth-order valence-corrected chi connectivity index (χ4v) is 3.77. The second-order valence-electron chi connectivity index (χ2n) is 7.52. The summed E-state index contributed by atoms with van der Waals surface area (Å²) in [5.74, 6) is 1.32. The molecular formula is C23H26N6O2. The Morgan fingerprint density at radius 2 is 1.87 bits per heavy atom. The molecule has 0 unspecified atom stereocenters. The van der Waals surface area contributed by atoms with E-state index in [0.717, 1.165) is 58.2 Å². The lowest BCUT2D eigenvalue weighted by Crippen LogP contribution is -2.12. The molecule has 0 aliphatic carbocycles. The zero-order chi connectivity index (χ0) is 22.0. The summed E-state index contributed by atoms with van der Waals surface area (Å²) in [7, 11) is 0. The smallest absolute Gasteiger partial charge is 0.254 e. The molecule has 0 saturated carbocycles. The molecule has 1 amide bonds. The molecule has 0 radical (unpaired) electrons. The van der Waals surface area contributed by atoms with Crippen LogP contribution in [0.15, 0.2) is 35.0 Å². The molecule has 3 aromatic heterocycles. The number of amides is 1. The predicted molar refractivity (Wildman–Crippen MR) is 118 cm³/mol. The van der Waals surface area contributed by atoms with Crippen LogP contribution in [0, 0.1) is 13.8 Å². The fraction of sp³-hybridized carbons (Fsp3) is 0.348. The van der Waals surface area contributed by atoms with Crippen molar-refractivity contribution in [1.82, 2.24) is 24.7 Å². The number of aryl methyl sites for hydroxylation is 4. The summed E-state index contributed by atoms with van der Waals surface area (Å²) in [4.78, 5) is 17.0. The molecule has 31 heavy (non-hydrogen) atoms. The van der Waals surface area contributed by atoms with Crippen molar-refractivity contribution in [3.63, 3.8) is 0 Å². The zero-order valence-corrected chi connectivity index (χ0v) is 18.3. The molecule has 1 N–H and O–H groups in total. The monoisotopic (exact) mass is 418 g/mol. The normalized spacial score (nSPS) is 11.2. The van der Waals surface area contributed by atoms with Crippen molar-refractivity contribution in [2.24, 2.45) is 0 Å². The van der Waals surface area contributed by atoms with Gasteiger partial charge in [0.15, 0.2) is 0 Å². The Labute approximate surface area is 180 Å². The summed E-state index contributed by atoms with van der Waals surface area (Å²) >= 11 is 0. The van der Waals surface area contributed by atoms with Gasteiger partial charge in [-0.25, -0.2) is 4.98 Å². The van der Waals surface area contributed by atoms with Gasteiger partial charge in [-0.15, -0.1) is 5.10 Å².